The Balaban J connectivity index is 1.59. The fourth-order valence-corrected chi connectivity index (χ4v) is 2.40. The first-order chi connectivity index (χ1) is 9.90. The first-order valence-electron chi connectivity index (χ1n) is 7.13. The van der Waals surface area contributed by atoms with E-state index in [0.717, 1.165) is 25.2 Å². The van der Waals surface area contributed by atoms with Crippen molar-refractivity contribution in [3.63, 3.8) is 0 Å². The zero-order chi connectivity index (χ0) is 13.6. The highest BCUT2D eigenvalue weighted by Crippen LogP contribution is 2.22. The second kappa shape index (κ2) is 6.58. The topological polar surface area (TPSA) is 18.5 Å². The van der Waals surface area contributed by atoms with E-state index in [4.69, 9.17) is 9.47 Å². The molecular weight excluding hydrogens is 248 g/mol. The molecule has 3 rings (SSSR count). The zero-order valence-electron chi connectivity index (χ0n) is 11.5. The average molecular weight is 267 g/mol. The zero-order valence-corrected chi connectivity index (χ0v) is 11.5. The Morgan fingerprint density at radius 1 is 1.10 bits per heavy atom. The van der Waals surface area contributed by atoms with Crippen LogP contribution in [0.4, 0.5) is 0 Å². The van der Waals surface area contributed by atoms with Crippen molar-refractivity contribution in [3.05, 3.63) is 72.1 Å². The van der Waals surface area contributed by atoms with Crippen molar-refractivity contribution in [2.75, 3.05) is 6.61 Å². The predicted octanol–water partition coefficient (Wildman–Crippen LogP) is 4.00. The minimum absolute atomic E-state index is 0.263. The van der Waals surface area contributed by atoms with Crippen molar-refractivity contribution >= 4 is 0 Å². The molecule has 2 nitrogen and oxygen atoms in total. The monoisotopic (exact) mass is 267 g/mol. The van der Waals surface area contributed by atoms with Crippen molar-refractivity contribution in [2.45, 2.75) is 25.6 Å². The molecule has 1 aliphatic heterocycles. The van der Waals surface area contributed by atoms with Crippen LogP contribution in [0.15, 0.2) is 54.6 Å². The molecule has 1 saturated heterocycles. The molecule has 1 radical (unpaired) electrons. The van der Waals surface area contributed by atoms with E-state index in [2.05, 4.69) is 30.7 Å². The molecular formula is C18H19O2. The maximum atomic E-state index is 5.84. The molecule has 2 aromatic carbocycles. The summed E-state index contributed by atoms with van der Waals surface area (Å²) in [5, 5.41) is 0. The summed E-state index contributed by atoms with van der Waals surface area (Å²) in [7, 11) is 0. The van der Waals surface area contributed by atoms with Crippen LogP contribution in [-0.2, 0) is 11.3 Å². The van der Waals surface area contributed by atoms with Gasteiger partial charge in [0.1, 0.15) is 12.4 Å². The molecule has 0 aliphatic carbocycles. The molecule has 2 aromatic rings. The molecule has 1 atom stereocenters. The summed E-state index contributed by atoms with van der Waals surface area (Å²) in [4.78, 5) is 0. The third-order valence-corrected chi connectivity index (χ3v) is 3.45. The van der Waals surface area contributed by atoms with E-state index in [0.29, 0.717) is 6.61 Å². The smallest absolute Gasteiger partial charge is 0.120 e. The number of rotatable bonds is 5. The average Bonchev–Trinajstić information content (AvgIpc) is 3.00. The number of benzene rings is 2. The van der Waals surface area contributed by atoms with E-state index in [1.165, 1.54) is 11.1 Å². The minimum Gasteiger partial charge on any atom is -0.489 e. The van der Waals surface area contributed by atoms with Gasteiger partial charge in [0.05, 0.1) is 6.10 Å². The fraction of sp³-hybridized carbons (Fsp3) is 0.278. The summed E-state index contributed by atoms with van der Waals surface area (Å²) < 4.78 is 11.5. The SMILES string of the molecule is [CH](c1cccc(OCc2ccccc2)c1)C1CCCO1. The van der Waals surface area contributed by atoms with Gasteiger partial charge in [0, 0.05) is 13.0 Å². The van der Waals surface area contributed by atoms with Gasteiger partial charge in [-0.3, -0.25) is 0 Å². The molecule has 1 fully saturated rings. The molecule has 1 aliphatic rings. The molecule has 1 unspecified atom stereocenters. The highest BCUT2D eigenvalue weighted by atomic mass is 16.5. The lowest BCUT2D eigenvalue weighted by molar-refractivity contribution is 0.136. The number of hydrogen-bond donors (Lipinski definition) is 0. The second-order valence-electron chi connectivity index (χ2n) is 5.06. The van der Waals surface area contributed by atoms with E-state index in [1.807, 2.05) is 30.3 Å². The van der Waals surface area contributed by atoms with Gasteiger partial charge in [-0.2, -0.15) is 0 Å². The summed E-state index contributed by atoms with van der Waals surface area (Å²) in [6, 6.07) is 18.4. The Morgan fingerprint density at radius 2 is 2.00 bits per heavy atom. The standard InChI is InChI=1S/C18H19O2/c1-2-6-15(7-3-1)14-20-18-9-4-8-16(13-18)12-17-10-5-11-19-17/h1-4,6-9,12-13,17H,5,10-11,14H2. The van der Waals surface area contributed by atoms with Crippen molar-refractivity contribution in [1.82, 2.24) is 0 Å². The van der Waals surface area contributed by atoms with E-state index in [1.54, 1.807) is 0 Å². The van der Waals surface area contributed by atoms with E-state index < -0.39 is 0 Å². The number of ether oxygens (including phenoxy) is 2. The van der Waals surface area contributed by atoms with Crippen molar-refractivity contribution < 1.29 is 9.47 Å². The Labute approximate surface area is 120 Å². The van der Waals surface area contributed by atoms with Gasteiger partial charge in [-0.05, 0) is 36.1 Å². The van der Waals surface area contributed by atoms with Gasteiger partial charge in [-0.15, -0.1) is 0 Å². The van der Waals surface area contributed by atoms with Crippen LogP contribution < -0.4 is 4.74 Å². The highest BCUT2D eigenvalue weighted by molar-refractivity contribution is 5.34. The largest absolute Gasteiger partial charge is 0.489 e. The van der Waals surface area contributed by atoms with Gasteiger partial charge in [0.2, 0.25) is 0 Å². The molecule has 1 heterocycles. The van der Waals surface area contributed by atoms with Crippen LogP contribution in [0.3, 0.4) is 0 Å². The lowest BCUT2D eigenvalue weighted by Crippen LogP contribution is -2.06. The normalized spacial score (nSPS) is 18.1. The first kappa shape index (κ1) is 13.2. The van der Waals surface area contributed by atoms with Gasteiger partial charge in [-0.25, -0.2) is 0 Å². The van der Waals surface area contributed by atoms with Crippen molar-refractivity contribution in [2.24, 2.45) is 0 Å². The van der Waals surface area contributed by atoms with Crippen LogP contribution in [0.2, 0.25) is 0 Å². The molecule has 0 amide bonds. The molecule has 0 spiro atoms. The van der Waals surface area contributed by atoms with E-state index in [-0.39, 0.29) is 6.10 Å². The molecule has 0 N–H and O–H groups in total. The van der Waals surface area contributed by atoms with Crippen LogP contribution >= 0.6 is 0 Å². The summed E-state index contributed by atoms with van der Waals surface area (Å²) in [6.45, 7) is 1.48. The Bertz CT molecular complexity index is 530. The van der Waals surface area contributed by atoms with Crippen LogP contribution in [-0.4, -0.2) is 12.7 Å². The van der Waals surface area contributed by atoms with Crippen molar-refractivity contribution in [3.8, 4) is 5.75 Å². The highest BCUT2D eigenvalue weighted by Gasteiger charge is 2.16. The lowest BCUT2D eigenvalue weighted by Gasteiger charge is -2.11. The van der Waals surface area contributed by atoms with Crippen molar-refractivity contribution in [1.29, 1.82) is 0 Å². The van der Waals surface area contributed by atoms with E-state index >= 15 is 0 Å². The van der Waals surface area contributed by atoms with E-state index in [9.17, 15) is 0 Å². The Hall–Kier alpha value is -1.80. The maximum absolute atomic E-state index is 5.84. The second-order valence-corrected chi connectivity index (χ2v) is 5.06. The third-order valence-electron chi connectivity index (χ3n) is 3.45. The molecule has 2 heteroatoms. The number of hydrogen-bond acceptors (Lipinski definition) is 2. The van der Waals surface area contributed by atoms with Crippen LogP contribution in [0.1, 0.15) is 24.0 Å². The van der Waals surface area contributed by atoms with Gasteiger partial charge in [0.25, 0.3) is 0 Å². The van der Waals surface area contributed by atoms with Gasteiger partial charge in [-0.1, -0.05) is 42.5 Å². The Morgan fingerprint density at radius 3 is 2.80 bits per heavy atom. The summed E-state index contributed by atoms with van der Waals surface area (Å²) in [6.07, 6.45) is 4.72. The maximum Gasteiger partial charge on any atom is 0.120 e. The Kier molecular flexibility index (Phi) is 4.34. The third kappa shape index (κ3) is 3.61. The molecule has 103 valence electrons. The minimum atomic E-state index is 0.263. The van der Waals surface area contributed by atoms with Crippen LogP contribution in [0.5, 0.6) is 5.75 Å². The quantitative estimate of drug-likeness (QED) is 0.815. The van der Waals surface area contributed by atoms with Crippen LogP contribution in [0.25, 0.3) is 0 Å². The fourth-order valence-electron chi connectivity index (χ4n) is 2.40. The predicted molar refractivity (Wildman–Crippen MR) is 79.6 cm³/mol. The lowest BCUT2D eigenvalue weighted by atomic mass is 10.1. The van der Waals surface area contributed by atoms with Crippen LogP contribution in [0, 0.1) is 6.42 Å². The van der Waals surface area contributed by atoms with Gasteiger partial charge < -0.3 is 9.47 Å². The summed E-state index contributed by atoms with van der Waals surface area (Å²) >= 11 is 0. The molecule has 0 bridgehead atoms. The molecule has 0 aromatic heterocycles. The molecule has 20 heavy (non-hydrogen) atoms. The summed E-state index contributed by atoms with van der Waals surface area (Å²) in [5.74, 6) is 0.903. The van der Waals surface area contributed by atoms with Gasteiger partial charge >= 0.3 is 0 Å². The molecule has 0 saturated carbocycles. The summed E-state index contributed by atoms with van der Waals surface area (Å²) in [5.41, 5.74) is 2.35. The van der Waals surface area contributed by atoms with Gasteiger partial charge in [0.15, 0.2) is 0 Å². The first-order valence-corrected chi connectivity index (χ1v) is 7.13.